The fourth-order valence-electron chi connectivity index (χ4n) is 1.91. The smallest absolute Gasteiger partial charge is 0.265 e. The van der Waals surface area contributed by atoms with Crippen LogP contribution < -0.4 is 16.4 Å². The Bertz CT molecular complexity index is 645. The number of aryl methyl sites for hydroxylation is 1. The highest BCUT2D eigenvalue weighted by atomic mass is 32.1. The Morgan fingerprint density at radius 3 is 2.81 bits per heavy atom. The molecule has 1 fully saturated rings. The summed E-state index contributed by atoms with van der Waals surface area (Å²) in [6.45, 7) is 2.66. The quantitative estimate of drug-likeness (QED) is 0.764. The van der Waals surface area contributed by atoms with Crippen LogP contribution >= 0.6 is 22.7 Å². The van der Waals surface area contributed by atoms with Gasteiger partial charge in [-0.15, -0.1) is 11.3 Å². The van der Waals surface area contributed by atoms with E-state index >= 15 is 0 Å². The van der Waals surface area contributed by atoms with Crippen LogP contribution in [0.25, 0.3) is 0 Å². The van der Waals surface area contributed by atoms with Crippen LogP contribution in [-0.4, -0.2) is 16.9 Å². The van der Waals surface area contributed by atoms with Crippen LogP contribution in [-0.2, 0) is 13.0 Å². The second kappa shape index (κ2) is 6.03. The molecule has 0 atom stereocenters. The van der Waals surface area contributed by atoms with Crippen molar-refractivity contribution in [1.29, 1.82) is 0 Å². The van der Waals surface area contributed by atoms with E-state index in [0.29, 0.717) is 23.3 Å². The molecule has 1 saturated carbocycles. The summed E-state index contributed by atoms with van der Waals surface area (Å²) in [6.07, 6.45) is 3.36. The normalized spacial score (nSPS) is 14.1. The first-order valence-corrected chi connectivity index (χ1v) is 8.67. The van der Waals surface area contributed by atoms with Crippen molar-refractivity contribution < 1.29 is 4.79 Å². The number of amides is 1. The Balaban J connectivity index is 1.60. The van der Waals surface area contributed by atoms with Gasteiger partial charge in [-0.3, -0.25) is 4.79 Å². The number of hydrogen-bond acceptors (Lipinski definition) is 6. The molecule has 0 aromatic carbocycles. The Kier molecular flexibility index (Phi) is 4.12. The molecule has 0 spiro atoms. The Hall–Kier alpha value is -1.60. The first-order valence-electron chi connectivity index (χ1n) is 7.04. The second-order valence-electron chi connectivity index (χ2n) is 5.06. The van der Waals surface area contributed by atoms with Crippen molar-refractivity contribution in [1.82, 2.24) is 10.3 Å². The number of rotatable bonds is 6. The summed E-state index contributed by atoms with van der Waals surface area (Å²) in [5.41, 5.74) is 5.83. The minimum Gasteiger partial charge on any atom is -0.382 e. The summed E-state index contributed by atoms with van der Waals surface area (Å²) >= 11 is 3.05. The fourth-order valence-corrected chi connectivity index (χ4v) is 3.69. The van der Waals surface area contributed by atoms with E-state index in [1.165, 1.54) is 29.1 Å². The molecule has 7 heteroatoms. The van der Waals surface area contributed by atoms with Gasteiger partial charge in [0.1, 0.15) is 10.7 Å². The Labute approximate surface area is 131 Å². The Morgan fingerprint density at radius 2 is 2.14 bits per heavy atom. The number of thiazole rings is 1. The maximum absolute atomic E-state index is 12.2. The summed E-state index contributed by atoms with van der Waals surface area (Å²) in [7, 11) is 0. The minimum atomic E-state index is -0.153. The van der Waals surface area contributed by atoms with Gasteiger partial charge in [0.25, 0.3) is 5.91 Å². The van der Waals surface area contributed by atoms with Gasteiger partial charge in [-0.2, -0.15) is 0 Å². The lowest BCUT2D eigenvalue weighted by atomic mass is 10.3. The summed E-state index contributed by atoms with van der Waals surface area (Å²) in [4.78, 5) is 19.4. The minimum absolute atomic E-state index is 0.153. The highest BCUT2D eigenvalue weighted by molar-refractivity contribution is 7.18. The SMILES string of the molecule is CCc1ccc(CNC(=O)c2sc(NC3CC3)nc2N)s1. The third kappa shape index (κ3) is 3.54. The fraction of sp³-hybridized carbons (Fsp3) is 0.429. The van der Waals surface area contributed by atoms with Crippen molar-refractivity contribution >= 4 is 39.5 Å². The van der Waals surface area contributed by atoms with Gasteiger partial charge in [-0.1, -0.05) is 18.3 Å². The van der Waals surface area contributed by atoms with Crippen molar-refractivity contribution in [3.05, 3.63) is 26.8 Å². The highest BCUT2D eigenvalue weighted by Gasteiger charge is 2.24. The first-order chi connectivity index (χ1) is 10.2. The standard InChI is InChI=1S/C14H18N4OS2/c1-2-9-5-6-10(20-9)7-16-13(19)11-12(15)18-14(21-11)17-8-3-4-8/h5-6,8H,2-4,7,15H2,1H3,(H,16,19)(H,17,18). The summed E-state index contributed by atoms with van der Waals surface area (Å²) in [6, 6.07) is 4.66. The highest BCUT2D eigenvalue weighted by Crippen LogP contribution is 2.30. The maximum Gasteiger partial charge on any atom is 0.265 e. The Morgan fingerprint density at radius 1 is 1.38 bits per heavy atom. The van der Waals surface area contributed by atoms with Gasteiger partial charge in [0, 0.05) is 15.8 Å². The molecule has 5 nitrogen and oxygen atoms in total. The molecule has 0 saturated heterocycles. The molecule has 1 aliphatic rings. The van der Waals surface area contributed by atoms with Gasteiger partial charge >= 0.3 is 0 Å². The second-order valence-corrected chi connectivity index (χ2v) is 7.31. The molecule has 2 heterocycles. The van der Waals surface area contributed by atoms with Crippen LogP contribution in [0.5, 0.6) is 0 Å². The molecule has 1 amide bonds. The van der Waals surface area contributed by atoms with Crippen LogP contribution in [0.2, 0.25) is 0 Å². The molecular weight excluding hydrogens is 304 g/mol. The van der Waals surface area contributed by atoms with Crippen molar-refractivity contribution in [3.63, 3.8) is 0 Å². The average molecular weight is 322 g/mol. The van der Waals surface area contributed by atoms with Gasteiger partial charge in [-0.25, -0.2) is 4.98 Å². The predicted octanol–water partition coefficient (Wildman–Crippen LogP) is 2.85. The van der Waals surface area contributed by atoms with Crippen molar-refractivity contribution in [2.75, 3.05) is 11.1 Å². The van der Waals surface area contributed by atoms with E-state index in [-0.39, 0.29) is 5.91 Å². The molecule has 1 aliphatic carbocycles. The maximum atomic E-state index is 12.2. The zero-order valence-corrected chi connectivity index (χ0v) is 13.4. The van der Waals surface area contributed by atoms with Crippen molar-refractivity contribution in [2.24, 2.45) is 0 Å². The lowest BCUT2D eigenvalue weighted by molar-refractivity contribution is 0.0956. The first kappa shape index (κ1) is 14.3. The molecule has 4 N–H and O–H groups in total. The van der Waals surface area contributed by atoms with Gasteiger partial charge in [0.15, 0.2) is 5.13 Å². The largest absolute Gasteiger partial charge is 0.382 e. The molecule has 2 aromatic rings. The number of carbonyl (C=O) groups is 1. The molecule has 112 valence electrons. The number of nitrogens with two attached hydrogens (primary N) is 1. The third-order valence-electron chi connectivity index (χ3n) is 3.25. The number of thiophene rings is 1. The van der Waals surface area contributed by atoms with Crippen molar-refractivity contribution in [3.8, 4) is 0 Å². The third-order valence-corrected chi connectivity index (χ3v) is 5.48. The lowest BCUT2D eigenvalue weighted by Gasteiger charge is -2.01. The van der Waals surface area contributed by atoms with Crippen LogP contribution in [0.1, 0.15) is 39.2 Å². The number of nitrogens with one attached hydrogen (secondary N) is 2. The average Bonchev–Trinajstić information content (AvgIpc) is 3.02. The molecule has 0 radical (unpaired) electrons. The van der Waals surface area contributed by atoms with E-state index in [1.807, 2.05) is 0 Å². The van der Waals surface area contributed by atoms with E-state index in [1.54, 1.807) is 11.3 Å². The number of nitrogen functional groups attached to an aromatic ring is 1. The molecule has 3 rings (SSSR count). The predicted molar refractivity (Wildman–Crippen MR) is 88.0 cm³/mol. The molecule has 0 bridgehead atoms. The van der Waals surface area contributed by atoms with E-state index in [4.69, 9.17) is 5.73 Å². The van der Waals surface area contributed by atoms with Gasteiger partial charge < -0.3 is 16.4 Å². The van der Waals surface area contributed by atoms with Crippen molar-refractivity contribution in [2.45, 2.75) is 38.8 Å². The summed E-state index contributed by atoms with van der Waals surface area (Å²) < 4.78 is 0. The number of nitrogens with zero attached hydrogens (tertiary/aromatic N) is 1. The molecule has 0 unspecified atom stereocenters. The van der Waals surface area contributed by atoms with Gasteiger partial charge in [0.2, 0.25) is 0 Å². The molecule has 2 aromatic heterocycles. The van der Waals surface area contributed by atoms with E-state index in [2.05, 4.69) is 34.7 Å². The van der Waals surface area contributed by atoms with E-state index < -0.39 is 0 Å². The molecule has 21 heavy (non-hydrogen) atoms. The van der Waals surface area contributed by atoms with E-state index in [9.17, 15) is 4.79 Å². The zero-order chi connectivity index (χ0) is 14.8. The van der Waals surface area contributed by atoms with Crippen LogP contribution in [0.3, 0.4) is 0 Å². The molecule has 0 aliphatic heterocycles. The number of anilines is 2. The lowest BCUT2D eigenvalue weighted by Crippen LogP contribution is -2.22. The van der Waals surface area contributed by atoms with Gasteiger partial charge in [0.05, 0.1) is 6.54 Å². The number of hydrogen-bond donors (Lipinski definition) is 3. The number of carbonyl (C=O) groups excluding carboxylic acids is 1. The summed E-state index contributed by atoms with van der Waals surface area (Å²) in [5.74, 6) is 0.154. The van der Waals surface area contributed by atoms with Crippen LogP contribution in [0.15, 0.2) is 12.1 Å². The number of aromatic nitrogens is 1. The zero-order valence-electron chi connectivity index (χ0n) is 11.8. The topological polar surface area (TPSA) is 80.0 Å². The van der Waals surface area contributed by atoms with E-state index in [0.717, 1.165) is 16.4 Å². The monoisotopic (exact) mass is 322 g/mol. The summed E-state index contributed by atoms with van der Waals surface area (Å²) in [5, 5.41) is 6.92. The van der Waals surface area contributed by atoms with Gasteiger partial charge in [-0.05, 0) is 31.4 Å². The van der Waals surface area contributed by atoms with Crippen LogP contribution in [0, 0.1) is 0 Å². The van der Waals surface area contributed by atoms with Crippen LogP contribution in [0.4, 0.5) is 10.9 Å². The molecular formula is C14H18N4OS2.